The molecule has 27 heavy (non-hydrogen) atoms. The molecule has 0 unspecified atom stereocenters. The molecule has 2 heterocycles. The van der Waals surface area contributed by atoms with Crippen LogP contribution in [-0.2, 0) is 11.3 Å². The first-order chi connectivity index (χ1) is 12.9. The van der Waals surface area contributed by atoms with Gasteiger partial charge in [-0.2, -0.15) is 0 Å². The molecule has 1 aromatic carbocycles. The summed E-state index contributed by atoms with van der Waals surface area (Å²) in [7, 11) is 1.69. The summed E-state index contributed by atoms with van der Waals surface area (Å²) < 4.78 is 6.96. The van der Waals surface area contributed by atoms with E-state index < -0.39 is 0 Å². The number of rotatable bonds is 6. The Morgan fingerprint density at radius 1 is 1.30 bits per heavy atom. The zero-order valence-corrected chi connectivity index (χ0v) is 16.9. The van der Waals surface area contributed by atoms with E-state index in [4.69, 9.17) is 16.3 Å². The predicted octanol–water partition coefficient (Wildman–Crippen LogP) is 3.27. The number of halogens is 1. The minimum Gasteiger partial charge on any atom is -0.492 e. The number of aromatic nitrogens is 2. The molecule has 0 aliphatic heterocycles. The number of benzene rings is 1. The lowest BCUT2D eigenvalue weighted by molar-refractivity contribution is -0.130. The third kappa shape index (κ3) is 4.31. The van der Waals surface area contributed by atoms with Gasteiger partial charge >= 0.3 is 0 Å². The summed E-state index contributed by atoms with van der Waals surface area (Å²) >= 11 is 7.33. The standard InChI is InChI=1S/C19H20ClN3O3S/c1-12-13(2)27-18-17(12)19(25)23(11-21-18)10-16(24)22(3)8-9-26-15-6-4-14(20)5-7-15/h4-7,11H,8-10H2,1-3H3. The smallest absolute Gasteiger partial charge is 0.262 e. The highest BCUT2D eigenvalue weighted by Crippen LogP contribution is 2.25. The topological polar surface area (TPSA) is 64.4 Å². The Bertz CT molecular complexity index is 1030. The molecule has 3 aromatic rings. The summed E-state index contributed by atoms with van der Waals surface area (Å²) in [5, 5.41) is 1.24. The van der Waals surface area contributed by atoms with Crippen molar-refractivity contribution >= 4 is 39.1 Å². The Kier molecular flexibility index (Phi) is 5.82. The molecule has 0 spiro atoms. The largest absolute Gasteiger partial charge is 0.492 e. The van der Waals surface area contributed by atoms with E-state index in [1.54, 1.807) is 31.3 Å². The highest BCUT2D eigenvalue weighted by atomic mass is 35.5. The number of hydrogen-bond acceptors (Lipinski definition) is 5. The Morgan fingerprint density at radius 2 is 2.00 bits per heavy atom. The fourth-order valence-corrected chi connectivity index (χ4v) is 3.72. The quantitative estimate of drug-likeness (QED) is 0.631. The van der Waals surface area contributed by atoms with Crippen LogP contribution < -0.4 is 10.3 Å². The molecule has 0 saturated heterocycles. The van der Waals surface area contributed by atoms with Gasteiger partial charge in [0.1, 0.15) is 23.7 Å². The first kappa shape index (κ1) is 19.4. The Hall–Kier alpha value is -2.38. The van der Waals surface area contributed by atoms with E-state index in [1.165, 1.54) is 27.1 Å². The number of nitrogens with zero attached hydrogens (tertiary/aromatic N) is 3. The maximum Gasteiger partial charge on any atom is 0.262 e. The Balaban J connectivity index is 1.62. The van der Waals surface area contributed by atoms with Crippen LogP contribution in [0.25, 0.3) is 10.2 Å². The summed E-state index contributed by atoms with van der Waals surface area (Å²) in [6.07, 6.45) is 1.44. The van der Waals surface area contributed by atoms with Crippen molar-refractivity contribution in [3.63, 3.8) is 0 Å². The zero-order valence-electron chi connectivity index (χ0n) is 15.4. The van der Waals surface area contributed by atoms with E-state index in [0.717, 1.165) is 10.4 Å². The monoisotopic (exact) mass is 405 g/mol. The summed E-state index contributed by atoms with van der Waals surface area (Å²) in [5.41, 5.74) is 0.750. The first-order valence-electron chi connectivity index (χ1n) is 8.44. The molecule has 0 N–H and O–H groups in total. The highest BCUT2D eigenvalue weighted by molar-refractivity contribution is 7.18. The van der Waals surface area contributed by atoms with Gasteiger partial charge in [0, 0.05) is 16.9 Å². The Morgan fingerprint density at radius 3 is 2.70 bits per heavy atom. The third-order valence-electron chi connectivity index (χ3n) is 4.40. The molecule has 2 aromatic heterocycles. The molecule has 0 radical (unpaired) electrons. The molecular formula is C19H20ClN3O3S. The van der Waals surface area contributed by atoms with Crippen molar-refractivity contribution in [3.05, 3.63) is 56.4 Å². The van der Waals surface area contributed by atoms with Gasteiger partial charge in [-0.15, -0.1) is 11.3 Å². The summed E-state index contributed by atoms with van der Waals surface area (Å²) in [6.45, 7) is 4.57. The van der Waals surface area contributed by atoms with Gasteiger partial charge in [0.2, 0.25) is 5.91 Å². The maximum atomic E-state index is 12.7. The van der Waals surface area contributed by atoms with Gasteiger partial charge in [0.25, 0.3) is 5.56 Å². The van der Waals surface area contributed by atoms with Crippen LogP contribution in [0.2, 0.25) is 5.02 Å². The van der Waals surface area contributed by atoms with E-state index >= 15 is 0 Å². The lowest BCUT2D eigenvalue weighted by Crippen LogP contribution is -2.36. The van der Waals surface area contributed by atoms with E-state index in [-0.39, 0.29) is 18.0 Å². The van der Waals surface area contributed by atoms with Crippen LogP contribution in [-0.4, -0.2) is 40.6 Å². The molecular weight excluding hydrogens is 386 g/mol. The van der Waals surface area contributed by atoms with Gasteiger partial charge in [-0.25, -0.2) is 4.98 Å². The summed E-state index contributed by atoms with van der Waals surface area (Å²) in [5.74, 6) is 0.511. The molecule has 8 heteroatoms. The van der Waals surface area contributed by atoms with Crippen molar-refractivity contribution in [3.8, 4) is 5.75 Å². The van der Waals surface area contributed by atoms with Gasteiger partial charge in [0.05, 0.1) is 18.3 Å². The van der Waals surface area contributed by atoms with Crippen LogP contribution >= 0.6 is 22.9 Å². The average molecular weight is 406 g/mol. The summed E-state index contributed by atoms with van der Waals surface area (Å²) in [6, 6.07) is 7.04. The fourth-order valence-electron chi connectivity index (χ4n) is 2.60. The van der Waals surface area contributed by atoms with Crippen molar-refractivity contribution in [1.82, 2.24) is 14.5 Å². The normalized spacial score (nSPS) is 11.0. The van der Waals surface area contributed by atoms with Crippen LogP contribution in [0.5, 0.6) is 5.75 Å². The lowest BCUT2D eigenvalue weighted by atomic mass is 10.2. The van der Waals surface area contributed by atoms with Crippen LogP contribution in [0.1, 0.15) is 10.4 Å². The number of amides is 1. The van der Waals surface area contributed by atoms with Gasteiger partial charge < -0.3 is 9.64 Å². The zero-order chi connectivity index (χ0) is 19.6. The molecule has 0 aliphatic carbocycles. The number of ether oxygens (including phenoxy) is 1. The molecule has 0 saturated carbocycles. The first-order valence-corrected chi connectivity index (χ1v) is 9.63. The number of carbonyl (C=O) groups is 1. The van der Waals surface area contributed by atoms with Crippen LogP contribution in [0.4, 0.5) is 0 Å². The minimum atomic E-state index is -0.180. The second kappa shape index (κ2) is 8.10. The predicted molar refractivity (Wildman–Crippen MR) is 108 cm³/mol. The van der Waals surface area contributed by atoms with E-state index in [1.807, 2.05) is 13.8 Å². The van der Waals surface area contributed by atoms with E-state index in [0.29, 0.717) is 34.1 Å². The molecule has 0 atom stereocenters. The molecule has 3 rings (SSSR count). The van der Waals surface area contributed by atoms with Gasteiger partial charge in [-0.05, 0) is 43.7 Å². The van der Waals surface area contributed by atoms with Gasteiger partial charge in [-0.3, -0.25) is 14.2 Å². The number of hydrogen-bond donors (Lipinski definition) is 0. The molecule has 6 nitrogen and oxygen atoms in total. The number of carbonyl (C=O) groups excluding carboxylic acids is 1. The average Bonchev–Trinajstić information content (AvgIpc) is 2.93. The van der Waals surface area contributed by atoms with Crippen molar-refractivity contribution in [2.75, 3.05) is 20.2 Å². The molecule has 0 bridgehead atoms. The van der Waals surface area contributed by atoms with Crippen LogP contribution in [0.3, 0.4) is 0 Å². The number of aryl methyl sites for hydroxylation is 2. The SMILES string of the molecule is Cc1sc2ncn(CC(=O)N(C)CCOc3ccc(Cl)cc3)c(=O)c2c1C. The minimum absolute atomic E-state index is 0.0481. The molecule has 1 amide bonds. The second-order valence-corrected chi connectivity index (χ2v) is 7.90. The summed E-state index contributed by atoms with van der Waals surface area (Å²) in [4.78, 5) is 32.8. The second-order valence-electron chi connectivity index (χ2n) is 6.26. The van der Waals surface area contributed by atoms with Crippen molar-refractivity contribution in [1.29, 1.82) is 0 Å². The van der Waals surface area contributed by atoms with Gasteiger partial charge in [0.15, 0.2) is 0 Å². The van der Waals surface area contributed by atoms with Crippen LogP contribution in [0.15, 0.2) is 35.4 Å². The number of thiophene rings is 1. The Labute approximate surface area is 166 Å². The third-order valence-corrected chi connectivity index (χ3v) is 5.76. The fraction of sp³-hybridized carbons (Fsp3) is 0.316. The molecule has 142 valence electrons. The molecule has 0 aliphatic rings. The van der Waals surface area contributed by atoms with Crippen molar-refractivity contribution < 1.29 is 9.53 Å². The van der Waals surface area contributed by atoms with E-state index in [9.17, 15) is 9.59 Å². The van der Waals surface area contributed by atoms with Crippen molar-refractivity contribution in [2.45, 2.75) is 20.4 Å². The van der Waals surface area contributed by atoms with Crippen molar-refractivity contribution in [2.24, 2.45) is 0 Å². The highest BCUT2D eigenvalue weighted by Gasteiger charge is 2.15. The van der Waals surface area contributed by atoms with Gasteiger partial charge in [-0.1, -0.05) is 11.6 Å². The van der Waals surface area contributed by atoms with E-state index in [2.05, 4.69) is 4.98 Å². The van der Waals surface area contributed by atoms with Crippen LogP contribution in [0, 0.1) is 13.8 Å². The molecule has 0 fully saturated rings. The number of fused-ring (bicyclic) bond motifs is 1. The maximum absolute atomic E-state index is 12.7. The lowest BCUT2D eigenvalue weighted by Gasteiger charge is -2.18. The number of likely N-dealkylation sites (N-methyl/N-ethyl adjacent to an activating group) is 1.